The van der Waals surface area contributed by atoms with Gasteiger partial charge in [0.1, 0.15) is 0 Å². The lowest BCUT2D eigenvalue weighted by Crippen LogP contribution is -2.23. The van der Waals surface area contributed by atoms with Crippen LogP contribution in [0.15, 0.2) is 29.8 Å². The second-order valence-electron chi connectivity index (χ2n) is 5.29. The Hall–Kier alpha value is -2.10. The molecule has 1 aromatic rings. The lowest BCUT2D eigenvalue weighted by molar-refractivity contribution is -0.177. The molecule has 0 aliphatic rings. The molecule has 0 bridgehead atoms. The molecular weight excluding hydrogens is 280 g/mol. The molecule has 0 saturated heterocycles. The van der Waals surface area contributed by atoms with Gasteiger partial charge >= 0.3 is 11.9 Å². The summed E-state index contributed by atoms with van der Waals surface area (Å²) < 4.78 is 10.1. The largest absolute Gasteiger partial charge is 0.421 e. The summed E-state index contributed by atoms with van der Waals surface area (Å²) in [5, 5.41) is 0. The lowest BCUT2D eigenvalue weighted by atomic mass is 10.0. The summed E-state index contributed by atoms with van der Waals surface area (Å²) >= 11 is 0. The minimum Gasteiger partial charge on any atom is -0.421 e. The minimum atomic E-state index is -0.978. The second kappa shape index (κ2) is 9.03. The molecule has 0 aliphatic heterocycles. The zero-order chi connectivity index (χ0) is 16.5. The van der Waals surface area contributed by atoms with Crippen LogP contribution in [-0.4, -0.2) is 18.2 Å². The molecule has 0 unspecified atom stereocenters. The van der Waals surface area contributed by atoms with E-state index in [0.717, 1.165) is 24.8 Å². The first-order chi connectivity index (χ1) is 10.4. The van der Waals surface area contributed by atoms with Crippen molar-refractivity contribution < 1.29 is 19.1 Å². The standard InChI is InChI=1S/C18H24O4/c1-5-6-8-16-9-7-10-17(12-16)11-13(2)18(21-14(3)19)22-15(4)20/h7,9-12,18H,5-6,8H2,1-4H3. The monoisotopic (exact) mass is 304 g/mol. The molecule has 0 aromatic heterocycles. The summed E-state index contributed by atoms with van der Waals surface area (Å²) in [4.78, 5) is 22.2. The number of carbonyl (C=O) groups excluding carboxylic acids is 2. The molecule has 1 rings (SSSR count). The van der Waals surface area contributed by atoms with Crippen molar-refractivity contribution in [2.45, 2.75) is 53.2 Å². The van der Waals surface area contributed by atoms with E-state index in [-0.39, 0.29) is 0 Å². The summed E-state index contributed by atoms with van der Waals surface area (Å²) in [5.74, 6) is -0.980. The highest BCUT2D eigenvalue weighted by molar-refractivity contribution is 5.69. The van der Waals surface area contributed by atoms with Gasteiger partial charge in [0.15, 0.2) is 0 Å². The molecule has 0 atom stereocenters. The van der Waals surface area contributed by atoms with E-state index >= 15 is 0 Å². The molecule has 1 aromatic carbocycles. The maximum atomic E-state index is 11.1. The second-order valence-corrected chi connectivity index (χ2v) is 5.29. The third kappa shape index (κ3) is 6.57. The number of rotatable bonds is 7. The highest BCUT2D eigenvalue weighted by Crippen LogP contribution is 2.16. The quantitative estimate of drug-likeness (QED) is 0.566. The maximum Gasteiger partial charge on any atom is 0.305 e. The molecule has 4 heteroatoms. The average molecular weight is 304 g/mol. The van der Waals surface area contributed by atoms with Gasteiger partial charge < -0.3 is 9.47 Å². The van der Waals surface area contributed by atoms with Gasteiger partial charge in [-0.15, -0.1) is 0 Å². The number of ether oxygens (including phenoxy) is 2. The van der Waals surface area contributed by atoms with Crippen LogP contribution < -0.4 is 0 Å². The Balaban J connectivity index is 2.91. The Labute approximate surface area is 132 Å². The normalized spacial score (nSPS) is 11.4. The van der Waals surface area contributed by atoms with Gasteiger partial charge in [0.2, 0.25) is 0 Å². The zero-order valence-electron chi connectivity index (χ0n) is 13.7. The number of benzene rings is 1. The molecule has 0 saturated carbocycles. The molecule has 0 spiro atoms. The van der Waals surface area contributed by atoms with E-state index in [9.17, 15) is 9.59 Å². The molecule has 22 heavy (non-hydrogen) atoms. The molecule has 0 fully saturated rings. The van der Waals surface area contributed by atoms with E-state index in [4.69, 9.17) is 9.47 Å². The minimum absolute atomic E-state index is 0.490. The molecule has 0 amide bonds. The number of hydrogen-bond donors (Lipinski definition) is 0. The SMILES string of the molecule is CCCCc1cccc(C=C(C)C(OC(C)=O)OC(C)=O)c1. The highest BCUT2D eigenvalue weighted by Gasteiger charge is 2.17. The van der Waals surface area contributed by atoms with E-state index in [0.29, 0.717) is 5.57 Å². The first kappa shape index (κ1) is 18.0. The van der Waals surface area contributed by atoms with E-state index in [1.807, 2.05) is 18.2 Å². The van der Waals surface area contributed by atoms with E-state index < -0.39 is 18.2 Å². The lowest BCUT2D eigenvalue weighted by Gasteiger charge is -2.17. The van der Waals surface area contributed by atoms with Crippen molar-refractivity contribution in [1.29, 1.82) is 0 Å². The smallest absolute Gasteiger partial charge is 0.305 e. The van der Waals surface area contributed by atoms with Crippen LogP contribution in [0.25, 0.3) is 6.08 Å². The van der Waals surface area contributed by atoms with Crippen LogP contribution in [0.1, 0.15) is 51.7 Å². The topological polar surface area (TPSA) is 52.6 Å². The summed E-state index contributed by atoms with van der Waals surface area (Å²) in [6.45, 7) is 6.51. The molecule has 0 aliphatic carbocycles. The molecule has 4 nitrogen and oxygen atoms in total. The Morgan fingerprint density at radius 3 is 2.32 bits per heavy atom. The van der Waals surface area contributed by atoms with Crippen LogP contribution >= 0.6 is 0 Å². The van der Waals surface area contributed by atoms with Crippen LogP contribution in [0, 0.1) is 0 Å². The molecular formula is C18H24O4. The van der Waals surface area contributed by atoms with Crippen LogP contribution in [0.3, 0.4) is 0 Å². The van der Waals surface area contributed by atoms with Crippen molar-refractivity contribution in [3.8, 4) is 0 Å². The maximum absolute atomic E-state index is 11.1. The molecule has 0 heterocycles. The third-order valence-electron chi connectivity index (χ3n) is 3.08. The predicted molar refractivity (Wildman–Crippen MR) is 86.0 cm³/mol. The fourth-order valence-corrected chi connectivity index (χ4v) is 2.06. The number of unbranched alkanes of at least 4 members (excludes halogenated alkanes) is 1. The number of aryl methyl sites for hydroxylation is 1. The van der Waals surface area contributed by atoms with Crippen molar-refractivity contribution in [3.05, 3.63) is 41.0 Å². The Bertz CT molecular complexity index is 530. The number of esters is 2. The zero-order valence-corrected chi connectivity index (χ0v) is 13.7. The van der Waals surface area contributed by atoms with Gasteiger partial charge in [-0.1, -0.05) is 37.6 Å². The average Bonchev–Trinajstić information content (AvgIpc) is 2.43. The molecule has 0 N–H and O–H groups in total. The van der Waals surface area contributed by atoms with E-state index in [1.54, 1.807) is 6.92 Å². The van der Waals surface area contributed by atoms with Crippen LogP contribution in [0.5, 0.6) is 0 Å². The van der Waals surface area contributed by atoms with Gasteiger partial charge in [0.05, 0.1) is 0 Å². The first-order valence-corrected chi connectivity index (χ1v) is 7.54. The van der Waals surface area contributed by atoms with Gasteiger partial charge in [-0.2, -0.15) is 0 Å². The fraction of sp³-hybridized carbons (Fsp3) is 0.444. The molecule has 120 valence electrons. The van der Waals surface area contributed by atoms with Gasteiger partial charge in [0, 0.05) is 19.4 Å². The summed E-state index contributed by atoms with van der Waals surface area (Å²) in [6.07, 6.45) is 4.23. The summed E-state index contributed by atoms with van der Waals surface area (Å²) in [7, 11) is 0. The van der Waals surface area contributed by atoms with E-state index in [1.165, 1.54) is 19.4 Å². The number of carbonyl (C=O) groups is 2. The van der Waals surface area contributed by atoms with Crippen molar-refractivity contribution in [3.63, 3.8) is 0 Å². The first-order valence-electron chi connectivity index (χ1n) is 7.54. The van der Waals surface area contributed by atoms with Crippen LogP contribution in [-0.2, 0) is 25.5 Å². The van der Waals surface area contributed by atoms with Gasteiger partial charge in [-0.05, 0) is 37.0 Å². The molecule has 0 radical (unpaired) electrons. The predicted octanol–water partition coefficient (Wildman–Crippen LogP) is 3.88. The van der Waals surface area contributed by atoms with Gasteiger partial charge in [0.25, 0.3) is 6.29 Å². The van der Waals surface area contributed by atoms with Crippen LogP contribution in [0.2, 0.25) is 0 Å². The van der Waals surface area contributed by atoms with Gasteiger partial charge in [-0.25, -0.2) is 0 Å². The van der Waals surface area contributed by atoms with Crippen LogP contribution in [0.4, 0.5) is 0 Å². The van der Waals surface area contributed by atoms with Crippen molar-refractivity contribution in [2.75, 3.05) is 0 Å². The fourth-order valence-electron chi connectivity index (χ4n) is 2.06. The summed E-state index contributed by atoms with van der Waals surface area (Å²) in [6, 6.07) is 8.16. The Morgan fingerprint density at radius 1 is 1.14 bits per heavy atom. The number of hydrogen-bond acceptors (Lipinski definition) is 4. The summed E-state index contributed by atoms with van der Waals surface area (Å²) in [5.41, 5.74) is 2.92. The third-order valence-corrected chi connectivity index (χ3v) is 3.08. The Kier molecular flexibility index (Phi) is 7.37. The van der Waals surface area contributed by atoms with Crippen molar-refractivity contribution in [1.82, 2.24) is 0 Å². The highest BCUT2D eigenvalue weighted by atomic mass is 16.7. The Morgan fingerprint density at radius 2 is 1.77 bits per heavy atom. The van der Waals surface area contributed by atoms with Gasteiger partial charge in [-0.3, -0.25) is 9.59 Å². The van der Waals surface area contributed by atoms with Crippen molar-refractivity contribution >= 4 is 18.0 Å². The van der Waals surface area contributed by atoms with E-state index in [2.05, 4.69) is 19.1 Å². The van der Waals surface area contributed by atoms with Crippen molar-refractivity contribution in [2.24, 2.45) is 0 Å².